The van der Waals surface area contributed by atoms with Crippen LogP contribution < -0.4 is 20.3 Å². The van der Waals surface area contributed by atoms with Gasteiger partial charge in [-0.1, -0.05) is 12.1 Å². The van der Waals surface area contributed by atoms with Gasteiger partial charge in [0.15, 0.2) is 16.7 Å². The summed E-state index contributed by atoms with van der Waals surface area (Å²) in [5, 5.41) is 6.88. The van der Waals surface area contributed by atoms with Gasteiger partial charge < -0.3 is 25.0 Å². The van der Waals surface area contributed by atoms with Gasteiger partial charge in [0.05, 0.1) is 26.4 Å². The Morgan fingerprint density at radius 1 is 1.23 bits per heavy atom. The Bertz CT molecular complexity index is 733. The smallest absolute Gasteiger partial charge is 0.174 e. The van der Waals surface area contributed by atoms with E-state index in [9.17, 15) is 0 Å². The minimum Gasteiger partial charge on any atom is -0.493 e. The number of methoxy groups -OCH3 is 1. The highest BCUT2D eigenvalue weighted by Crippen LogP contribution is 2.22. The molecule has 1 atom stereocenters. The molecular weight excluding hydrogens is 348 g/mol. The molecule has 6 nitrogen and oxygen atoms in total. The van der Waals surface area contributed by atoms with Gasteiger partial charge in [-0.15, -0.1) is 0 Å². The third-order valence-corrected chi connectivity index (χ3v) is 4.56. The SMILES string of the molecule is COc1cccnc1NC(=S)N[C@H](C)c1ccc(N2CCOCC2)cc1. The minimum atomic E-state index is 0.0726. The van der Waals surface area contributed by atoms with Gasteiger partial charge in [-0.2, -0.15) is 0 Å². The highest BCUT2D eigenvalue weighted by Gasteiger charge is 2.13. The number of nitrogens with one attached hydrogen (secondary N) is 2. The minimum absolute atomic E-state index is 0.0726. The lowest BCUT2D eigenvalue weighted by molar-refractivity contribution is 0.122. The van der Waals surface area contributed by atoms with Gasteiger partial charge in [0.1, 0.15) is 0 Å². The topological polar surface area (TPSA) is 58.7 Å². The van der Waals surface area contributed by atoms with E-state index < -0.39 is 0 Å². The van der Waals surface area contributed by atoms with Crippen LogP contribution >= 0.6 is 12.2 Å². The second kappa shape index (κ2) is 8.82. The van der Waals surface area contributed by atoms with Crippen LogP contribution in [-0.4, -0.2) is 43.5 Å². The summed E-state index contributed by atoms with van der Waals surface area (Å²) in [5.41, 5.74) is 2.39. The van der Waals surface area contributed by atoms with E-state index in [1.54, 1.807) is 13.3 Å². The molecule has 2 N–H and O–H groups in total. The standard InChI is InChI=1S/C19H24N4O2S/c1-14(21-19(26)22-18-17(24-2)4-3-9-20-18)15-5-7-16(8-6-15)23-10-12-25-13-11-23/h3-9,14H,10-13H2,1-2H3,(H2,20,21,22,26)/t14-/m1/s1. The van der Waals surface area contributed by atoms with E-state index in [4.69, 9.17) is 21.7 Å². The maximum atomic E-state index is 5.41. The summed E-state index contributed by atoms with van der Waals surface area (Å²) in [6.45, 7) is 5.53. The Morgan fingerprint density at radius 3 is 2.65 bits per heavy atom. The molecule has 0 radical (unpaired) electrons. The number of thiocarbonyl (C=S) groups is 1. The average Bonchev–Trinajstić information content (AvgIpc) is 2.69. The summed E-state index contributed by atoms with van der Waals surface area (Å²) in [6.07, 6.45) is 1.70. The van der Waals surface area contributed by atoms with E-state index >= 15 is 0 Å². The average molecular weight is 372 g/mol. The first kappa shape index (κ1) is 18.4. The number of nitrogens with zero attached hydrogens (tertiary/aromatic N) is 2. The molecule has 2 heterocycles. The molecule has 0 bridgehead atoms. The van der Waals surface area contributed by atoms with Gasteiger partial charge in [0.25, 0.3) is 0 Å². The Morgan fingerprint density at radius 2 is 1.96 bits per heavy atom. The first-order valence-electron chi connectivity index (χ1n) is 8.66. The largest absolute Gasteiger partial charge is 0.493 e. The molecule has 1 aromatic heterocycles. The Balaban J connectivity index is 1.58. The fraction of sp³-hybridized carbons (Fsp3) is 0.368. The van der Waals surface area contributed by atoms with Crippen molar-refractivity contribution in [3.05, 3.63) is 48.2 Å². The number of morpholine rings is 1. The number of hydrogen-bond acceptors (Lipinski definition) is 5. The van der Waals surface area contributed by atoms with Crippen LogP contribution in [0.1, 0.15) is 18.5 Å². The number of hydrogen-bond donors (Lipinski definition) is 2. The van der Waals surface area contributed by atoms with Gasteiger partial charge in [0, 0.05) is 25.0 Å². The predicted molar refractivity (Wildman–Crippen MR) is 108 cm³/mol. The number of anilines is 2. The normalized spacial score (nSPS) is 15.2. The molecule has 1 fully saturated rings. The zero-order chi connectivity index (χ0) is 18.4. The molecule has 0 spiro atoms. The lowest BCUT2D eigenvalue weighted by Crippen LogP contribution is -2.36. The Kier molecular flexibility index (Phi) is 6.25. The van der Waals surface area contributed by atoms with Crippen molar-refractivity contribution in [3.8, 4) is 5.75 Å². The van der Waals surface area contributed by atoms with Crippen molar-refractivity contribution in [3.63, 3.8) is 0 Å². The van der Waals surface area contributed by atoms with Gasteiger partial charge in [-0.3, -0.25) is 0 Å². The molecule has 0 unspecified atom stereocenters. The predicted octanol–water partition coefficient (Wildman–Crippen LogP) is 2.97. The molecule has 26 heavy (non-hydrogen) atoms. The lowest BCUT2D eigenvalue weighted by atomic mass is 10.1. The molecule has 0 saturated carbocycles. The maximum Gasteiger partial charge on any atom is 0.174 e. The number of benzene rings is 1. The van der Waals surface area contributed by atoms with E-state index in [1.807, 2.05) is 12.1 Å². The van der Waals surface area contributed by atoms with Crippen LogP contribution in [0.15, 0.2) is 42.6 Å². The van der Waals surface area contributed by atoms with E-state index in [-0.39, 0.29) is 6.04 Å². The van der Waals surface area contributed by atoms with Crippen LogP contribution in [0.3, 0.4) is 0 Å². The molecule has 0 amide bonds. The van der Waals surface area contributed by atoms with E-state index in [0.717, 1.165) is 26.3 Å². The number of aromatic nitrogens is 1. The molecule has 1 saturated heterocycles. The van der Waals surface area contributed by atoms with Crippen molar-refractivity contribution in [2.75, 3.05) is 43.6 Å². The highest BCUT2D eigenvalue weighted by molar-refractivity contribution is 7.80. The van der Waals surface area contributed by atoms with Gasteiger partial charge >= 0.3 is 0 Å². The van der Waals surface area contributed by atoms with Crippen LogP contribution in [0, 0.1) is 0 Å². The molecule has 1 aliphatic heterocycles. The second-order valence-electron chi connectivity index (χ2n) is 6.07. The van der Waals surface area contributed by atoms with E-state index in [0.29, 0.717) is 16.7 Å². The van der Waals surface area contributed by atoms with Gasteiger partial charge in [-0.05, 0) is 49.0 Å². The summed E-state index contributed by atoms with van der Waals surface area (Å²) >= 11 is 5.41. The number of ether oxygens (including phenoxy) is 2. The van der Waals surface area contributed by atoms with Gasteiger partial charge in [-0.25, -0.2) is 4.98 Å². The third-order valence-electron chi connectivity index (χ3n) is 4.34. The first-order chi connectivity index (χ1) is 12.7. The maximum absolute atomic E-state index is 5.41. The van der Waals surface area contributed by atoms with Crippen molar-refractivity contribution >= 4 is 28.8 Å². The van der Waals surface area contributed by atoms with Crippen molar-refractivity contribution in [2.45, 2.75) is 13.0 Å². The summed E-state index contributed by atoms with van der Waals surface area (Å²) in [5.74, 6) is 1.25. The van der Waals surface area contributed by atoms with Crippen LogP contribution in [0.2, 0.25) is 0 Å². The quantitative estimate of drug-likeness (QED) is 0.783. The van der Waals surface area contributed by atoms with Crippen molar-refractivity contribution in [1.82, 2.24) is 10.3 Å². The summed E-state index contributed by atoms with van der Waals surface area (Å²) in [6, 6.07) is 12.3. The fourth-order valence-corrected chi connectivity index (χ4v) is 3.14. The molecule has 138 valence electrons. The van der Waals surface area contributed by atoms with Crippen molar-refractivity contribution in [1.29, 1.82) is 0 Å². The van der Waals surface area contributed by atoms with E-state index in [1.165, 1.54) is 11.3 Å². The van der Waals surface area contributed by atoms with Crippen LogP contribution in [0.25, 0.3) is 0 Å². The summed E-state index contributed by atoms with van der Waals surface area (Å²) in [7, 11) is 1.61. The van der Waals surface area contributed by atoms with Crippen LogP contribution in [-0.2, 0) is 4.74 Å². The van der Waals surface area contributed by atoms with Crippen molar-refractivity contribution < 1.29 is 9.47 Å². The van der Waals surface area contributed by atoms with Crippen molar-refractivity contribution in [2.24, 2.45) is 0 Å². The molecule has 1 aromatic carbocycles. The molecule has 7 heteroatoms. The lowest BCUT2D eigenvalue weighted by Gasteiger charge is -2.29. The van der Waals surface area contributed by atoms with E-state index in [2.05, 4.69) is 51.7 Å². The summed E-state index contributed by atoms with van der Waals surface area (Å²) in [4.78, 5) is 6.59. The Hall–Kier alpha value is -2.38. The zero-order valence-corrected chi connectivity index (χ0v) is 15.9. The molecule has 2 aromatic rings. The van der Waals surface area contributed by atoms with Gasteiger partial charge in [0.2, 0.25) is 0 Å². The third kappa shape index (κ3) is 4.62. The highest BCUT2D eigenvalue weighted by atomic mass is 32.1. The molecular formula is C19H24N4O2S. The van der Waals surface area contributed by atoms with Crippen LogP contribution in [0.5, 0.6) is 5.75 Å². The fourth-order valence-electron chi connectivity index (χ4n) is 2.87. The monoisotopic (exact) mass is 372 g/mol. The van der Waals surface area contributed by atoms with Crippen LogP contribution in [0.4, 0.5) is 11.5 Å². The second-order valence-corrected chi connectivity index (χ2v) is 6.47. The zero-order valence-electron chi connectivity index (χ0n) is 15.1. The first-order valence-corrected chi connectivity index (χ1v) is 9.07. The number of pyridine rings is 1. The summed E-state index contributed by atoms with van der Waals surface area (Å²) < 4.78 is 10.7. The molecule has 0 aliphatic carbocycles. The molecule has 3 rings (SSSR count). The molecule has 1 aliphatic rings. The number of rotatable bonds is 5. The Labute approximate surface area is 159 Å².